The van der Waals surface area contributed by atoms with E-state index in [1.807, 2.05) is 13.0 Å². The molecule has 0 amide bonds. The summed E-state index contributed by atoms with van der Waals surface area (Å²) in [5.41, 5.74) is 8.73. The first-order valence-electron chi connectivity index (χ1n) is 7.10. The minimum absolute atomic E-state index is 0.0358. The van der Waals surface area contributed by atoms with Crippen molar-refractivity contribution >= 4 is 17.3 Å². The summed E-state index contributed by atoms with van der Waals surface area (Å²) in [4.78, 5) is 0. The molecule has 1 aliphatic carbocycles. The Morgan fingerprint density at radius 3 is 2.37 bits per heavy atom. The second kappa shape index (κ2) is 5.34. The first-order chi connectivity index (χ1) is 8.86. The van der Waals surface area contributed by atoms with Gasteiger partial charge in [-0.3, -0.25) is 0 Å². The van der Waals surface area contributed by atoms with Gasteiger partial charge in [-0.25, -0.2) is 0 Å². The van der Waals surface area contributed by atoms with Gasteiger partial charge in [0, 0.05) is 22.8 Å². The van der Waals surface area contributed by atoms with Crippen molar-refractivity contribution in [3.05, 3.63) is 28.8 Å². The van der Waals surface area contributed by atoms with Gasteiger partial charge < -0.3 is 11.1 Å². The van der Waals surface area contributed by atoms with Gasteiger partial charge in [0.2, 0.25) is 0 Å². The van der Waals surface area contributed by atoms with Crippen LogP contribution in [-0.2, 0) is 0 Å². The molecule has 0 aromatic heterocycles. The lowest BCUT2D eigenvalue weighted by Gasteiger charge is -2.44. The van der Waals surface area contributed by atoms with Crippen LogP contribution in [0.2, 0.25) is 5.02 Å². The summed E-state index contributed by atoms with van der Waals surface area (Å²) in [7, 11) is 0. The minimum atomic E-state index is 0.0358. The standard InChI is InChI=1S/C16H25ClN2/c1-12-4-5-13(10-14(12)17)19-16(11-18)8-6-15(2,3)7-9-16/h4-5,10,19H,6-9,11,18H2,1-3H3. The summed E-state index contributed by atoms with van der Waals surface area (Å²) < 4.78 is 0. The molecule has 106 valence electrons. The number of nitrogens with one attached hydrogen (secondary N) is 1. The number of aryl methyl sites for hydroxylation is 1. The molecule has 1 saturated carbocycles. The maximum absolute atomic E-state index is 6.19. The molecule has 0 spiro atoms. The van der Waals surface area contributed by atoms with Crippen LogP contribution in [0.3, 0.4) is 0 Å². The van der Waals surface area contributed by atoms with Crippen LogP contribution >= 0.6 is 11.6 Å². The lowest BCUT2D eigenvalue weighted by molar-refractivity contribution is 0.182. The van der Waals surface area contributed by atoms with Gasteiger partial charge in [-0.2, -0.15) is 0 Å². The number of hydrogen-bond donors (Lipinski definition) is 2. The van der Waals surface area contributed by atoms with E-state index in [2.05, 4.69) is 31.3 Å². The fourth-order valence-electron chi connectivity index (χ4n) is 2.76. The molecule has 1 aliphatic rings. The minimum Gasteiger partial charge on any atom is -0.378 e. The molecule has 1 fully saturated rings. The third-order valence-corrected chi connectivity index (χ3v) is 4.94. The van der Waals surface area contributed by atoms with E-state index in [9.17, 15) is 0 Å². The lowest BCUT2D eigenvalue weighted by Crippen LogP contribution is -2.49. The van der Waals surface area contributed by atoms with Gasteiger partial charge in [-0.15, -0.1) is 0 Å². The van der Waals surface area contributed by atoms with Crippen LogP contribution in [0.15, 0.2) is 18.2 Å². The average molecular weight is 281 g/mol. The molecular weight excluding hydrogens is 256 g/mol. The number of anilines is 1. The average Bonchev–Trinajstić information content (AvgIpc) is 2.37. The summed E-state index contributed by atoms with van der Waals surface area (Å²) in [5.74, 6) is 0. The highest BCUT2D eigenvalue weighted by Gasteiger charge is 2.37. The molecule has 0 heterocycles. The third kappa shape index (κ3) is 3.43. The van der Waals surface area contributed by atoms with Crippen LogP contribution in [0.1, 0.15) is 45.1 Å². The van der Waals surface area contributed by atoms with Crippen molar-refractivity contribution in [2.45, 2.75) is 52.0 Å². The largest absolute Gasteiger partial charge is 0.378 e. The number of hydrogen-bond acceptors (Lipinski definition) is 2. The second-order valence-electron chi connectivity index (χ2n) is 6.74. The summed E-state index contributed by atoms with van der Waals surface area (Å²) in [6, 6.07) is 6.16. The predicted molar refractivity (Wildman–Crippen MR) is 83.8 cm³/mol. The fraction of sp³-hybridized carbons (Fsp3) is 0.625. The van der Waals surface area contributed by atoms with Crippen molar-refractivity contribution in [2.75, 3.05) is 11.9 Å². The summed E-state index contributed by atoms with van der Waals surface area (Å²) in [5, 5.41) is 4.45. The molecule has 1 aromatic carbocycles. The van der Waals surface area contributed by atoms with Gasteiger partial charge in [-0.05, 0) is 55.7 Å². The SMILES string of the molecule is Cc1ccc(NC2(CN)CCC(C)(C)CC2)cc1Cl. The van der Waals surface area contributed by atoms with Crippen molar-refractivity contribution in [1.82, 2.24) is 0 Å². The molecule has 3 heteroatoms. The monoisotopic (exact) mass is 280 g/mol. The van der Waals surface area contributed by atoms with E-state index in [0.29, 0.717) is 12.0 Å². The van der Waals surface area contributed by atoms with Gasteiger partial charge in [0.1, 0.15) is 0 Å². The van der Waals surface area contributed by atoms with Crippen molar-refractivity contribution in [2.24, 2.45) is 11.1 Å². The van der Waals surface area contributed by atoms with Crippen molar-refractivity contribution in [3.8, 4) is 0 Å². The number of rotatable bonds is 3. The van der Waals surface area contributed by atoms with Crippen LogP contribution in [-0.4, -0.2) is 12.1 Å². The zero-order chi connectivity index (χ0) is 14.1. The Balaban J connectivity index is 2.13. The van der Waals surface area contributed by atoms with Gasteiger partial charge >= 0.3 is 0 Å². The van der Waals surface area contributed by atoms with Crippen molar-refractivity contribution < 1.29 is 0 Å². The molecule has 19 heavy (non-hydrogen) atoms. The Kier molecular flexibility index (Phi) is 4.12. The van der Waals surface area contributed by atoms with Crippen LogP contribution in [0.5, 0.6) is 0 Å². The highest BCUT2D eigenvalue weighted by atomic mass is 35.5. The molecule has 0 aliphatic heterocycles. The number of nitrogens with two attached hydrogens (primary N) is 1. The highest BCUT2D eigenvalue weighted by molar-refractivity contribution is 6.31. The van der Waals surface area contributed by atoms with E-state index in [0.717, 1.165) is 29.1 Å². The van der Waals surface area contributed by atoms with Gasteiger partial charge in [0.15, 0.2) is 0 Å². The number of halogens is 1. The summed E-state index contributed by atoms with van der Waals surface area (Å²) in [6.07, 6.45) is 4.69. The third-order valence-electron chi connectivity index (χ3n) is 4.53. The van der Waals surface area contributed by atoms with E-state index in [1.54, 1.807) is 0 Å². The predicted octanol–water partition coefficient (Wildman–Crippen LogP) is 4.36. The normalized spacial score (nSPS) is 21.1. The summed E-state index contributed by atoms with van der Waals surface area (Å²) >= 11 is 6.19. The van der Waals surface area contributed by atoms with Crippen LogP contribution in [0.4, 0.5) is 5.69 Å². The van der Waals surface area contributed by atoms with Gasteiger partial charge in [-0.1, -0.05) is 31.5 Å². The first-order valence-corrected chi connectivity index (χ1v) is 7.48. The number of benzene rings is 1. The molecular formula is C16H25ClN2. The fourth-order valence-corrected chi connectivity index (χ4v) is 2.94. The maximum Gasteiger partial charge on any atom is 0.0496 e. The van der Waals surface area contributed by atoms with E-state index in [1.165, 1.54) is 12.8 Å². The van der Waals surface area contributed by atoms with Gasteiger partial charge in [0.05, 0.1) is 0 Å². The Morgan fingerprint density at radius 2 is 1.84 bits per heavy atom. The molecule has 0 saturated heterocycles. The van der Waals surface area contributed by atoms with E-state index < -0.39 is 0 Å². The van der Waals surface area contributed by atoms with Crippen LogP contribution < -0.4 is 11.1 Å². The smallest absolute Gasteiger partial charge is 0.0496 e. The molecule has 2 nitrogen and oxygen atoms in total. The molecule has 0 atom stereocenters. The van der Waals surface area contributed by atoms with Gasteiger partial charge in [0.25, 0.3) is 0 Å². The van der Waals surface area contributed by atoms with Crippen molar-refractivity contribution in [3.63, 3.8) is 0 Å². The Morgan fingerprint density at radius 1 is 1.21 bits per heavy atom. The highest BCUT2D eigenvalue weighted by Crippen LogP contribution is 2.41. The topological polar surface area (TPSA) is 38.0 Å². The molecule has 1 aromatic rings. The van der Waals surface area contributed by atoms with Crippen LogP contribution in [0.25, 0.3) is 0 Å². The molecule has 0 radical (unpaired) electrons. The zero-order valence-electron chi connectivity index (χ0n) is 12.2. The second-order valence-corrected chi connectivity index (χ2v) is 7.14. The lowest BCUT2D eigenvalue weighted by atomic mass is 9.69. The van der Waals surface area contributed by atoms with Crippen molar-refractivity contribution in [1.29, 1.82) is 0 Å². The Hall–Kier alpha value is -0.730. The van der Waals surface area contributed by atoms with Crippen LogP contribution in [0, 0.1) is 12.3 Å². The molecule has 2 rings (SSSR count). The molecule has 0 unspecified atom stereocenters. The summed E-state index contributed by atoms with van der Waals surface area (Å²) in [6.45, 7) is 7.38. The molecule has 0 bridgehead atoms. The van der Waals surface area contributed by atoms with E-state index in [4.69, 9.17) is 17.3 Å². The quantitative estimate of drug-likeness (QED) is 0.863. The van der Waals surface area contributed by atoms with E-state index >= 15 is 0 Å². The maximum atomic E-state index is 6.19. The Bertz CT molecular complexity index is 444. The zero-order valence-corrected chi connectivity index (χ0v) is 13.0. The molecule has 3 N–H and O–H groups in total. The van der Waals surface area contributed by atoms with E-state index in [-0.39, 0.29) is 5.54 Å². The Labute approximate surface area is 121 Å². The first kappa shape index (κ1) is 14.7.